The lowest BCUT2D eigenvalue weighted by molar-refractivity contribution is 0.955. The first-order chi connectivity index (χ1) is 28.4. The average molecular weight is 786 g/mol. The van der Waals surface area contributed by atoms with Crippen molar-refractivity contribution in [3.8, 4) is 0 Å². The molecule has 0 aliphatic carbocycles. The van der Waals surface area contributed by atoms with E-state index in [1.807, 2.05) is 0 Å². The van der Waals surface area contributed by atoms with Crippen molar-refractivity contribution >= 4 is 54.5 Å². The Morgan fingerprint density at radius 2 is 0.483 bits per heavy atom. The Morgan fingerprint density at radius 1 is 0.267 bits per heavy atom. The molecule has 5 nitrogen and oxygen atoms in total. The molecule has 5 aromatic heterocycles. The van der Waals surface area contributed by atoms with E-state index in [1.165, 1.54) is 116 Å². The Hall–Kier alpha value is -6.98. The summed E-state index contributed by atoms with van der Waals surface area (Å²) >= 11 is 0. The summed E-state index contributed by atoms with van der Waals surface area (Å²) in [6, 6.07) is 54.1. The van der Waals surface area contributed by atoms with Gasteiger partial charge in [-0.15, -0.1) is 0 Å². The van der Waals surface area contributed by atoms with Gasteiger partial charge in [0.25, 0.3) is 0 Å². The minimum Gasteiger partial charge on any atom is -0.358 e. The first kappa shape index (κ1) is 39.8. The van der Waals surface area contributed by atoms with E-state index in [1.54, 1.807) is 0 Å². The predicted molar refractivity (Wildman–Crippen MR) is 257 cm³/mol. The van der Waals surface area contributed by atoms with Crippen LogP contribution in [-0.4, -0.2) is 24.9 Å². The molecule has 5 heterocycles. The standard InChI is InChI=1S/C28H25N3.C25H22N2.2CH4/c1-16-25(19-10-4-7-13-22(19)29-16)28(26-17(2)30-23-14-8-5-11-20(23)26)27-18(3)31-24-15-9-6-12-21(24)27;1-16-23(19-12-6-8-14-21(19)26-16)25(18-10-4-3-5-11-18)24-17(2)27-22-15-9-7-13-20(22)24;;/h4-15,28-31H,1-3H3;3-15,25-27H,1-2H3;2*1H4. The highest BCUT2D eigenvalue weighted by Crippen LogP contribution is 2.46. The normalized spacial score (nSPS) is 11.4. The van der Waals surface area contributed by atoms with Crippen LogP contribution in [0.1, 0.15) is 88.5 Å². The summed E-state index contributed by atoms with van der Waals surface area (Å²) in [7, 11) is 0. The van der Waals surface area contributed by atoms with E-state index in [2.05, 4.69) is 211 Å². The Balaban J connectivity index is 0.000000162. The van der Waals surface area contributed by atoms with Crippen molar-refractivity contribution in [3.05, 3.63) is 214 Å². The fourth-order valence-electron chi connectivity index (χ4n) is 9.91. The highest BCUT2D eigenvalue weighted by Gasteiger charge is 2.31. The van der Waals surface area contributed by atoms with E-state index in [9.17, 15) is 0 Å². The summed E-state index contributed by atoms with van der Waals surface area (Å²) in [6.45, 7) is 11.0. The molecule has 0 atom stereocenters. The van der Waals surface area contributed by atoms with E-state index in [0.717, 1.165) is 0 Å². The van der Waals surface area contributed by atoms with Gasteiger partial charge in [0.15, 0.2) is 0 Å². The summed E-state index contributed by atoms with van der Waals surface area (Å²) in [6.07, 6.45) is 0. The lowest BCUT2D eigenvalue weighted by atomic mass is 9.81. The molecule has 0 saturated carbocycles. The molecular formula is C55H55N5. The van der Waals surface area contributed by atoms with Crippen molar-refractivity contribution < 1.29 is 0 Å². The topological polar surface area (TPSA) is 78.9 Å². The zero-order valence-electron chi connectivity index (χ0n) is 33.6. The third-order valence-corrected chi connectivity index (χ3v) is 12.3. The van der Waals surface area contributed by atoms with E-state index in [-0.39, 0.29) is 26.7 Å². The monoisotopic (exact) mass is 785 g/mol. The third kappa shape index (κ3) is 6.51. The molecule has 11 aromatic rings. The van der Waals surface area contributed by atoms with Crippen LogP contribution < -0.4 is 0 Å². The number of hydrogen-bond donors (Lipinski definition) is 5. The zero-order chi connectivity index (χ0) is 39.5. The summed E-state index contributed by atoms with van der Waals surface area (Å²) in [5, 5.41) is 6.47. The number of para-hydroxylation sites is 5. The number of rotatable bonds is 6. The van der Waals surface area contributed by atoms with Crippen molar-refractivity contribution in [2.45, 2.75) is 61.3 Å². The molecule has 0 aliphatic heterocycles. The van der Waals surface area contributed by atoms with Gasteiger partial charge in [-0.1, -0.05) is 136 Å². The lowest BCUT2D eigenvalue weighted by Gasteiger charge is -2.21. The number of benzene rings is 6. The molecule has 6 aromatic carbocycles. The van der Waals surface area contributed by atoms with Crippen molar-refractivity contribution in [2.75, 3.05) is 0 Å². The van der Waals surface area contributed by atoms with E-state index in [0.29, 0.717) is 0 Å². The summed E-state index contributed by atoms with van der Waals surface area (Å²) < 4.78 is 0. The van der Waals surface area contributed by atoms with Gasteiger partial charge in [0.05, 0.1) is 0 Å². The van der Waals surface area contributed by atoms with E-state index >= 15 is 0 Å². The quantitative estimate of drug-likeness (QED) is 0.111. The predicted octanol–water partition coefficient (Wildman–Crippen LogP) is 15.0. The van der Waals surface area contributed by atoms with Gasteiger partial charge in [0.1, 0.15) is 0 Å². The Morgan fingerprint density at radius 3 is 0.750 bits per heavy atom. The maximum atomic E-state index is 3.65. The fraction of sp³-hybridized carbons (Fsp3) is 0.164. The number of nitrogens with one attached hydrogen (secondary N) is 5. The molecule has 0 aliphatic rings. The van der Waals surface area contributed by atoms with Crippen LogP contribution in [0.2, 0.25) is 0 Å². The first-order valence-corrected chi connectivity index (χ1v) is 20.3. The number of H-pyrrole nitrogens is 5. The molecule has 0 saturated heterocycles. The number of fused-ring (bicyclic) bond motifs is 5. The molecule has 60 heavy (non-hydrogen) atoms. The van der Waals surface area contributed by atoms with Crippen LogP contribution in [-0.2, 0) is 0 Å². The summed E-state index contributed by atoms with van der Waals surface area (Å²) in [5.41, 5.74) is 20.2. The Kier molecular flexibility index (Phi) is 10.6. The van der Waals surface area contributed by atoms with Gasteiger partial charge in [-0.25, -0.2) is 0 Å². The van der Waals surface area contributed by atoms with Crippen molar-refractivity contribution in [1.29, 1.82) is 0 Å². The molecule has 0 unspecified atom stereocenters. The molecule has 5 heteroatoms. The number of aromatic nitrogens is 5. The van der Waals surface area contributed by atoms with Gasteiger partial charge in [0, 0.05) is 94.8 Å². The maximum Gasteiger partial charge on any atom is 0.0459 e. The second-order valence-corrected chi connectivity index (χ2v) is 15.8. The second kappa shape index (κ2) is 16.0. The number of aromatic amines is 5. The minimum atomic E-state index is 0. The zero-order valence-corrected chi connectivity index (χ0v) is 33.6. The molecule has 0 radical (unpaired) electrons. The Labute approximate surface area is 352 Å². The van der Waals surface area contributed by atoms with E-state index in [4.69, 9.17) is 0 Å². The van der Waals surface area contributed by atoms with Crippen LogP contribution in [0.15, 0.2) is 152 Å². The van der Waals surface area contributed by atoms with Gasteiger partial charge < -0.3 is 24.9 Å². The first-order valence-electron chi connectivity index (χ1n) is 20.3. The van der Waals surface area contributed by atoms with Crippen molar-refractivity contribution in [1.82, 2.24) is 24.9 Å². The van der Waals surface area contributed by atoms with Gasteiger partial charge in [-0.3, -0.25) is 0 Å². The third-order valence-electron chi connectivity index (χ3n) is 12.3. The lowest BCUT2D eigenvalue weighted by Crippen LogP contribution is -2.07. The highest BCUT2D eigenvalue weighted by molar-refractivity contribution is 5.95. The molecule has 0 bridgehead atoms. The molecular weight excluding hydrogens is 731 g/mol. The summed E-state index contributed by atoms with van der Waals surface area (Å²) in [4.78, 5) is 18.1. The van der Waals surface area contributed by atoms with Crippen LogP contribution in [0, 0.1) is 34.6 Å². The molecule has 300 valence electrons. The largest absolute Gasteiger partial charge is 0.358 e. The molecule has 0 spiro atoms. The van der Waals surface area contributed by atoms with Crippen LogP contribution >= 0.6 is 0 Å². The molecule has 0 fully saturated rings. The Bertz CT molecular complexity index is 2980. The smallest absolute Gasteiger partial charge is 0.0459 e. The van der Waals surface area contributed by atoms with Crippen LogP contribution in [0.5, 0.6) is 0 Å². The summed E-state index contributed by atoms with van der Waals surface area (Å²) in [5.74, 6) is 0.293. The minimum absolute atomic E-state index is 0. The van der Waals surface area contributed by atoms with Crippen LogP contribution in [0.3, 0.4) is 0 Å². The van der Waals surface area contributed by atoms with Gasteiger partial charge in [0.2, 0.25) is 0 Å². The van der Waals surface area contributed by atoms with Gasteiger partial charge in [-0.2, -0.15) is 0 Å². The number of aryl methyl sites for hydroxylation is 5. The second-order valence-electron chi connectivity index (χ2n) is 15.8. The number of hydrogen-bond acceptors (Lipinski definition) is 0. The van der Waals surface area contributed by atoms with Crippen LogP contribution in [0.25, 0.3) is 54.5 Å². The SMILES string of the molecule is C.C.Cc1[nH]c2ccccc2c1C(c1c(C)[nH]c2ccccc12)c1c(C)[nH]c2ccccc12.Cc1[nH]c2ccccc2c1C(c1ccccc1)c1c(C)[nH]c2ccccc12. The molecule has 5 N–H and O–H groups in total. The molecule has 11 rings (SSSR count). The van der Waals surface area contributed by atoms with Crippen LogP contribution in [0.4, 0.5) is 0 Å². The maximum absolute atomic E-state index is 3.65. The van der Waals surface area contributed by atoms with Gasteiger partial charge >= 0.3 is 0 Å². The highest BCUT2D eigenvalue weighted by atomic mass is 14.8. The average Bonchev–Trinajstić information content (AvgIpc) is 4.03. The van der Waals surface area contributed by atoms with E-state index < -0.39 is 0 Å². The fourth-order valence-corrected chi connectivity index (χ4v) is 9.91. The van der Waals surface area contributed by atoms with Gasteiger partial charge in [-0.05, 0) is 98.3 Å². The molecule has 0 amide bonds. The van der Waals surface area contributed by atoms with Crippen molar-refractivity contribution in [2.24, 2.45) is 0 Å². The van der Waals surface area contributed by atoms with Crippen molar-refractivity contribution in [3.63, 3.8) is 0 Å².